The number of para-hydroxylation sites is 1. The van der Waals surface area contributed by atoms with Crippen molar-refractivity contribution < 1.29 is 0 Å². The van der Waals surface area contributed by atoms with Crippen molar-refractivity contribution in [2.75, 3.05) is 16.8 Å². The van der Waals surface area contributed by atoms with Crippen LogP contribution in [0.25, 0.3) is 16.7 Å². The highest BCUT2D eigenvalue weighted by Gasteiger charge is 2.14. The minimum atomic E-state index is 1.05. The highest BCUT2D eigenvalue weighted by molar-refractivity contribution is 5.81. The quantitative estimate of drug-likeness (QED) is 0.150. The Balaban J connectivity index is 0.000000853. The summed E-state index contributed by atoms with van der Waals surface area (Å²) in [6.07, 6.45) is 8.91. The Morgan fingerprint density at radius 3 is 1.33 bits per heavy atom. The first kappa shape index (κ1) is 33.9. The van der Waals surface area contributed by atoms with Gasteiger partial charge >= 0.3 is 0 Å². The number of rotatable bonds is 10. The third kappa shape index (κ3) is 9.19. The van der Waals surface area contributed by atoms with Gasteiger partial charge in [0, 0.05) is 35.5 Å². The molecule has 5 rings (SSSR count). The van der Waals surface area contributed by atoms with Crippen LogP contribution in [0.2, 0.25) is 0 Å². The predicted molar refractivity (Wildman–Crippen MR) is 201 cm³/mol. The molecule has 226 valence electrons. The first-order chi connectivity index (χ1) is 22.1. The van der Waals surface area contributed by atoms with Crippen molar-refractivity contribution in [1.82, 2.24) is 0 Å². The van der Waals surface area contributed by atoms with Crippen LogP contribution in [-0.4, -0.2) is 7.05 Å². The fourth-order valence-electron chi connectivity index (χ4n) is 4.72. The van der Waals surface area contributed by atoms with Gasteiger partial charge < -0.3 is 9.80 Å². The maximum Gasteiger partial charge on any atom is 0.0463 e. The molecule has 0 bridgehead atoms. The van der Waals surface area contributed by atoms with Crippen molar-refractivity contribution in [1.29, 1.82) is 0 Å². The molecule has 2 heteroatoms. The monoisotopic (exact) mass is 588 g/mol. The van der Waals surface area contributed by atoms with Crippen LogP contribution >= 0.6 is 0 Å². The molecule has 2 nitrogen and oxygen atoms in total. The van der Waals surface area contributed by atoms with Crippen LogP contribution in [-0.2, 0) is 0 Å². The molecule has 0 atom stereocenters. The molecule has 0 aliphatic carbocycles. The summed E-state index contributed by atoms with van der Waals surface area (Å²) in [6, 6.07) is 46.9. The molecule has 0 spiro atoms. The fraction of sp³-hybridized carbons (Fsp3) is 0.0698. The van der Waals surface area contributed by atoms with Gasteiger partial charge in [0.25, 0.3) is 0 Å². The Kier molecular flexibility index (Phi) is 13.7. The largest absolute Gasteiger partial charge is 0.345 e. The van der Waals surface area contributed by atoms with E-state index < -0.39 is 0 Å². The molecule has 0 aliphatic heterocycles. The van der Waals surface area contributed by atoms with Crippen LogP contribution in [0.3, 0.4) is 0 Å². The minimum Gasteiger partial charge on any atom is -0.345 e. The smallest absolute Gasteiger partial charge is 0.0463 e. The third-order valence-corrected chi connectivity index (χ3v) is 7.01. The summed E-state index contributed by atoms with van der Waals surface area (Å²) >= 11 is 0. The normalized spacial score (nSPS) is 10.2. The average molecular weight is 589 g/mol. The van der Waals surface area contributed by atoms with Gasteiger partial charge in [-0.3, -0.25) is 0 Å². The Bertz CT molecular complexity index is 1640. The Hall–Kier alpha value is -5.60. The van der Waals surface area contributed by atoms with Crippen LogP contribution in [0.1, 0.15) is 19.4 Å². The molecule has 0 unspecified atom stereocenters. The van der Waals surface area contributed by atoms with Crippen molar-refractivity contribution in [3.8, 4) is 11.1 Å². The van der Waals surface area contributed by atoms with Crippen LogP contribution in [0.5, 0.6) is 0 Å². The molecule has 5 aromatic rings. The number of hydrogen-bond donors (Lipinski definition) is 0. The summed E-state index contributed by atoms with van der Waals surface area (Å²) in [6.45, 7) is 18.5. The Morgan fingerprint density at radius 1 is 0.467 bits per heavy atom. The lowest BCUT2D eigenvalue weighted by Crippen LogP contribution is -2.12. The van der Waals surface area contributed by atoms with E-state index in [4.69, 9.17) is 0 Å². The molecule has 5 aromatic carbocycles. The number of nitrogens with zero attached hydrogens (tertiary/aromatic N) is 2. The van der Waals surface area contributed by atoms with Gasteiger partial charge in [0.2, 0.25) is 0 Å². The maximum atomic E-state index is 3.96. The maximum absolute atomic E-state index is 3.96. The minimum absolute atomic E-state index is 1.05. The molecule has 0 saturated heterocycles. The van der Waals surface area contributed by atoms with Crippen molar-refractivity contribution in [2.24, 2.45) is 0 Å². The van der Waals surface area contributed by atoms with Gasteiger partial charge in [-0.15, -0.1) is 0 Å². The molecule has 45 heavy (non-hydrogen) atoms. The topological polar surface area (TPSA) is 6.48 Å². The Labute approximate surface area is 270 Å². The second-order valence-corrected chi connectivity index (χ2v) is 9.74. The van der Waals surface area contributed by atoms with Crippen molar-refractivity contribution in [3.05, 3.63) is 196 Å². The van der Waals surface area contributed by atoms with Crippen LogP contribution in [0, 0.1) is 0 Å². The molecule has 0 N–H and O–H groups in total. The van der Waals surface area contributed by atoms with E-state index in [9.17, 15) is 0 Å². The van der Waals surface area contributed by atoms with Crippen LogP contribution < -0.4 is 9.80 Å². The first-order valence-corrected chi connectivity index (χ1v) is 15.2. The lowest BCUT2D eigenvalue weighted by atomic mass is 10.0. The lowest BCUT2D eigenvalue weighted by molar-refractivity contribution is 1.20. The van der Waals surface area contributed by atoms with E-state index in [1.165, 1.54) is 11.1 Å². The molecule has 0 radical (unpaired) electrons. The molecule has 0 aliphatic rings. The first-order valence-electron chi connectivity index (χ1n) is 15.2. The zero-order valence-corrected chi connectivity index (χ0v) is 26.8. The van der Waals surface area contributed by atoms with E-state index >= 15 is 0 Å². The molecule has 0 fully saturated rings. The van der Waals surface area contributed by atoms with E-state index in [1.807, 2.05) is 38.1 Å². The number of hydrogen-bond acceptors (Lipinski definition) is 2. The summed E-state index contributed by atoms with van der Waals surface area (Å²) in [5.41, 5.74) is 10.1. The van der Waals surface area contributed by atoms with Gasteiger partial charge in [0.1, 0.15) is 0 Å². The highest BCUT2D eigenvalue weighted by atomic mass is 15.1. The fourth-order valence-corrected chi connectivity index (χ4v) is 4.72. The molecule has 0 saturated carbocycles. The predicted octanol–water partition coefficient (Wildman–Crippen LogP) is 12.7. The summed E-state index contributed by atoms with van der Waals surface area (Å²) in [4.78, 5) is 4.48. The third-order valence-electron chi connectivity index (χ3n) is 7.01. The van der Waals surface area contributed by atoms with Gasteiger partial charge in [-0.1, -0.05) is 143 Å². The second-order valence-electron chi connectivity index (χ2n) is 9.74. The van der Waals surface area contributed by atoms with Crippen molar-refractivity contribution in [2.45, 2.75) is 13.8 Å². The van der Waals surface area contributed by atoms with Gasteiger partial charge in [0.05, 0.1) is 0 Å². The molecule has 0 aromatic heterocycles. The molecular formula is C43H44N2. The van der Waals surface area contributed by atoms with E-state index in [0.717, 1.165) is 39.6 Å². The molecular weight excluding hydrogens is 544 g/mol. The number of allylic oxidation sites excluding steroid dienone is 6. The van der Waals surface area contributed by atoms with Crippen LogP contribution in [0.4, 0.5) is 28.4 Å². The summed E-state index contributed by atoms with van der Waals surface area (Å²) in [5, 5.41) is 0. The van der Waals surface area contributed by atoms with Gasteiger partial charge in [-0.25, -0.2) is 0 Å². The summed E-state index contributed by atoms with van der Waals surface area (Å²) in [5.74, 6) is 0. The second kappa shape index (κ2) is 18.2. The van der Waals surface area contributed by atoms with E-state index in [-0.39, 0.29) is 0 Å². The SMILES string of the molecule is C=C/C=C(\C=C)c1ccc(N(c2ccc(-c3ccccc3)cc2)c2ccc(N(C)c3ccccc3)cc2)cc1.C=CC=C.CC. The zero-order chi connectivity index (χ0) is 32.4. The van der Waals surface area contributed by atoms with Gasteiger partial charge in [0.15, 0.2) is 0 Å². The number of anilines is 5. The number of benzene rings is 5. The van der Waals surface area contributed by atoms with Crippen molar-refractivity contribution in [3.63, 3.8) is 0 Å². The van der Waals surface area contributed by atoms with Gasteiger partial charge in [-0.2, -0.15) is 0 Å². The van der Waals surface area contributed by atoms with Gasteiger partial charge in [-0.05, 0) is 82.9 Å². The lowest BCUT2D eigenvalue weighted by Gasteiger charge is -2.27. The highest BCUT2D eigenvalue weighted by Crippen LogP contribution is 2.37. The average Bonchev–Trinajstić information content (AvgIpc) is 3.13. The summed E-state index contributed by atoms with van der Waals surface area (Å²) < 4.78 is 0. The standard InChI is InChI=1S/C37H32N2.C4H6.C2H6/c1-4-12-29(5-2)31-17-21-35(22-18-31)39(36-23-19-32(20-24-36)30-13-8-6-9-14-30)37-27-25-34(26-28-37)38(3)33-15-10-7-11-16-33;1-3-4-2;1-2/h4-28H,1-2H2,3H3;3-4H,1-2H2;1-2H3/b29-12+;;. The zero-order valence-electron chi connectivity index (χ0n) is 26.8. The molecule has 0 heterocycles. The van der Waals surface area contributed by atoms with E-state index in [0.29, 0.717) is 0 Å². The van der Waals surface area contributed by atoms with E-state index in [1.54, 1.807) is 18.2 Å². The molecule has 0 amide bonds. The Morgan fingerprint density at radius 2 is 0.867 bits per heavy atom. The van der Waals surface area contributed by atoms with E-state index in [2.05, 4.69) is 164 Å². The summed E-state index contributed by atoms with van der Waals surface area (Å²) in [7, 11) is 2.09. The van der Waals surface area contributed by atoms with Crippen molar-refractivity contribution >= 4 is 34.0 Å². The van der Waals surface area contributed by atoms with Crippen LogP contribution in [0.15, 0.2) is 190 Å².